The van der Waals surface area contributed by atoms with Crippen LogP contribution >= 0.6 is 0 Å². The van der Waals surface area contributed by atoms with Gasteiger partial charge in [0, 0.05) is 17.6 Å². The van der Waals surface area contributed by atoms with Gasteiger partial charge in [0.1, 0.15) is 12.4 Å². The summed E-state index contributed by atoms with van der Waals surface area (Å²) in [6.45, 7) is 6.77. The van der Waals surface area contributed by atoms with Gasteiger partial charge < -0.3 is 8.92 Å². The first-order valence-electron chi connectivity index (χ1n) is 8.18. The molecule has 1 aromatic rings. The molecule has 1 aliphatic heterocycles. The lowest BCUT2D eigenvalue weighted by Crippen LogP contribution is -2.47. The van der Waals surface area contributed by atoms with Crippen molar-refractivity contribution in [3.8, 4) is 11.5 Å². The highest BCUT2D eigenvalue weighted by Gasteiger charge is 2.49. The molecule has 0 N–H and O–H groups in total. The molecule has 0 aromatic heterocycles. The Labute approximate surface area is 150 Å². The average Bonchev–Trinajstić information content (AvgIpc) is 2.53. The van der Waals surface area contributed by atoms with E-state index in [0.29, 0.717) is 6.54 Å². The van der Waals surface area contributed by atoms with E-state index in [1.807, 2.05) is 20.8 Å². The molecule has 0 bridgehead atoms. The van der Waals surface area contributed by atoms with Gasteiger partial charge in [0.05, 0.1) is 0 Å². The van der Waals surface area contributed by atoms with Crippen molar-refractivity contribution < 1.29 is 34.9 Å². The number of benzene rings is 1. The Balaban J connectivity index is 2.39. The molecule has 2 rings (SSSR count). The van der Waals surface area contributed by atoms with Crippen LogP contribution in [0.4, 0.5) is 17.6 Å². The third-order valence-corrected chi connectivity index (χ3v) is 5.09. The molecule has 148 valence electrons. The fourth-order valence-corrected chi connectivity index (χ4v) is 3.47. The second-order valence-corrected chi connectivity index (χ2v) is 7.87. The van der Waals surface area contributed by atoms with E-state index < -0.39 is 27.2 Å². The van der Waals surface area contributed by atoms with E-state index in [0.717, 1.165) is 18.6 Å². The monoisotopic (exact) mass is 399 g/mol. The maximum atomic E-state index is 14.0. The summed E-state index contributed by atoms with van der Waals surface area (Å²) < 4.78 is 84.1. The van der Waals surface area contributed by atoms with Gasteiger partial charge in [0.2, 0.25) is 0 Å². The van der Waals surface area contributed by atoms with Crippen LogP contribution in [-0.2, 0) is 16.5 Å². The van der Waals surface area contributed by atoms with Gasteiger partial charge in [-0.05, 0) is 45.4 Å². The van der Waals surface area contributed by atoms with Crippen LogP contribution in [0.3, 0.4) is 0 Å². The maximum absolute atomic E-state index is 14.0. The molecule has 0 aliphatic carbocycles. The summed E-state index contributed by atoms with van der Waals surface area (Å²) in [7, 11) is -5.85. The summed E-state index contributed by atoms with van der Waals surface area (Å²) in [5.41, 5.74) is -5.59. The number of hydrogen-bond donors (Lipinski definition) is 0. The Morgan fingerprint density at radius 2 is 2.00 bits per heavy atom. The van der Waals surface area contributed by atoms with Gasteiger partial charge in [-0.15, -0.1) is 0 Å². The molecule has 10 heteroatoms. The zero-order valence-electron chi connectivity index (χ0n) is 14.6. The first-order valence-corrected chi connectivity index (χ1v) is 9.59. The fraction of sp³-hybridized carbons (Fsp3) is 0.625. The summed E-state index contributed by atoms with van der Waals surface area (Å²) >= 11 is 0. The molecule has 0 fully saturated rings. The SMILES string of the molecule is CCCN(C(C)C)[C@H]1COc2c(F)ccc(OS(=O)(=O)C(F)(F)F)c2C1. The quantitative estimate of drug-likeness (QED) is 0.417. The molecular formula is C16H21F4NO4S. The predicted octanol–water partition coefficient (Wildman–Crippen LogP) is 3.48. The lowest BCUT2D eigenvalue weighted by molar-refractivity contribution is -0.0500. The minimum absolute atomic E-state index is 0.0178. The summed E-state index contributed by atoms with van der Waals surface area (Å²) in [5.74, 6) is -1.61. The number of rotatable bonds is 6. The molecule has 0 unspecified atom stereocenters. The van der Waals surface area contributed by atoms with Crippen molar-refractivity contribution in [2.24, 2.45) is 0 Å². The minimum Gasteiger partial charge on any atom is -0.488 e. The van der Waals surface area contributed by atoms with Crippen LogP contribution in [0.2, 0.25) is 0 Å². The van der Waals surface area contributed by atoms with Gasteiger partial charge in [-0.1, -0.05) is 6.92 Å². The van der Waals surface area contributed by atoms with Crippen molar-refractivity contribution in [1.29, 1.82) is 0 Å². The Morgan fingerprint density at radius 3 is 2.54 bits per heavy atom. The lowest BCUT2D eigenvalue weighted by atomic mass is 9.99. The first-order chi connectivity index (χ1) is 12.0. The fourth-order valence-electron chi connectivity index (χ4n) is 2.98. The van der Waals surface area contributed by atoms with E-state index in [2.05, 4.69) is 9.08 Å². The summed E-state index contributed by atoms with van der Waals surface area (Å²) in [5, 5.41) is 0. The van der Waals surface area contributed by atoms with Gasteiger partial charge in [0.15, 0.2) is 11.6 Å². The van der Waals surface area contributed by atoms with E-state index in [1.165, 1.54) is 0 Å². The average molecular weight is 399 g/mol. The van der Waals surface area contributed by atoms with Crippen molar-refractivity contribution in [3.05, 3.63) is 23.5 Å². The largest absolute Gasteiger partial charge is 0.534 e. The molecule has 0 amide bonds. The number of alkyl halides is 3. The van der Waals surface area contributed by atoms with Crippen LogP contribution < -0.4 is 8.92 Å². The van der Waals surface area contributed by atoms with Crippen LogP contribution in [0.25, 0.3) is 0 Å². The summed E-state index contributed by atoms with van der Waals surface area (Å²) in [6, 6.07) is 1.59. The number of hydrogen-bond acceptors (Lipinski definition) is 5. The highest BCUT2D eigenvalue weighted by Crippen LogP contribution is 2.39. The molecule has 1 heterocycles. The minimum atomic E-state index is -5.85. The van der Waals surface area contributed by atoms with Gasteiger partial charge in [0.25, 0.3) is 0 Å². The molecule has 1 aromatic carbocycles. The zero-order chi connectivity index (χ0) is 19.7. The number of nitrogens with zero attached hydrogens (tertiary/aromatic N) is 1. The van der Waals surface area contributed by atoms with Crippen LogP contribution in [-0.4, -0.2) is 44.1 Å². The third kappa shape index (κ3) is 4.22. The molecule has 0 radical (unpaired) electrons. The Kier molecular flexibility index (Phi) is 6.06. The van der Waals surface area contributed by atoms with Crippen molar-refractivity contribution in [1.82, 2.24) is 4.90 Å². The van der Waals surface area contributed by atoms with Gasteiger partial charge in [-0.3, -0.25) is 4.90 Å². The molecule has 1 aliphatic rings. The lowest BCUT2D eigenvalue weighted by Gasteiger charge is -2.38. The predicted molar refractivity (Wildman–Crippen MR) is 87.1 cm³/mol. The molecule has 1 atom stereocenters. The topological polar surface area (TPSA) is 55.8 Å². The Bertz CT molecular complexity index is 749. The van der Waals surface area contributed by atoms with Crippen molar-refractivity contribution in [2.45, 2.75) is 51.2 Å². The molecule has 0 spiro atoms. The highest BCUT2D eigenvalue weighted by atomic mass is 32.2. The second-order valence-electron chi connectivity index (χ2n) is 6.34. The normalized spacial score (nSPS) is 18.0. The van der Waals surface area contributed by atoms with Crippen LogP contribution in [0.1, 0.15) is 32.8 Å². The van der Waals surface area contributed by atoms with Crippen LogP contribution in [0.5, 0.6) is 11.5 Å². The molecular weight excluding hydrogens is 378 g/mol. The van der Waals surface area contributed by atoms with E-state index in [-0.39, 0.29) is 36.4 Å². The summed E-state index contributed by atoms with van der Waals surface area (Å²) in [6.07, 6.45) is 0.963. The van der Waals surface area contributed by atoms with Crippen molar-refractivity contribution in [2.75, 3.05) is 13.2 Å². The first kappa shape index (κ1) is 20.8. The maximum Gasteiger partial charge on any atom is 0.534 e. The Hall–Kier alpha value is -1.55. The number of halogens is 4. The number of ether oxygens (including phenoxy) is 1. The van der Waals surface area contributed by atoms with Crippen molar-refractivity contribution in [3.63, 3.8) is 0 Å². The highest BCUT2D eigenvalue weighted by molar-refractivity contribution is 7.88. The van der Waals surface area contributed by atoms with E-state index in [1.54, 1.807) is 0 Å². The van der Waals surface area contributed by atoms with Crippen LogP contribution in [0, 0.1) is 5.82 Å². The van der Waals surface area contributed by atoms with E-state index in [9.17, 15) is 26.0 Å². The molecule has 0 saturated heterocycles. The van der Waals surface area contributed by atoms with Crippen molar-refractivity contribution >= 4 is 10.1 Å². The van der Waals surface area contributed by atoms with Gasteiger partial charge in [-0.2, -0.15) is 21.6 Å². The van der Waals surface area contributed by atoms with Gasteiger partial charge in [-0.25, -0.2) is 4.39 Å². The zero-order valence-corrected chi connectivity index (χ0v) is 15.5. The van der Waals surface area contributed by atoms with E-state index in [4.69, 9.17) is 4.74 Å². The molecule has 26 heavy (non-hydrogen) atoms. The standard InChI is InChI=1S/C16H21F4NO4S/c1-4-7-21(10(2)3)11-8-12-14(25-26(22,23)16(18,19)20)6-5-13(17)15(12)24-9-11/h5-6,10-11H,4,7-9H2,1-3H3/t11-/m1/s1. The smallest absolute Gasteiger partial charge is 0.488 e. The van der Waals surface area contributed by atoms with E-state index >= 15 is 0 Å². The van der Waals surface area contributed by atoms with Gasteiger partial charge >= 0.3 is 15.6 Å². The molecule has 5 nitrogen and oxygen atoms in total. The summed E-state index contributed by atoms with van der Waals surface area (Å²) in [4.78, 5) is 2.08. The molecule has 0 saturated carbocycles. The third-order valence-electron chi connectivity index (χ3n) is 4.13. The Morgan fingerprint density at radius 1 is 1.35 bits per heavy atom. The number of fused-ring (bicyclic) bond motifs is 1. The second kappa shape index (κ2) is 7.59. The van der Waals surface area contributed by atoms with Crippen LogP contribution in [0.15, 0.2) is 12.1 Å².